The van der Waals surface area contributed by atoms with E-state index in [0.717, 1.165) is 36.5 Å². The van der Waals surface area contributed by atoms with Crippen LogP contribution in [0, 0.1) is 29.6 Å². The summed E-state index contributed by atoms with van der Waals surface area (Å²) in [7, 11) is 0. The average molecular weight is 248 g/mol. The molecule has 2 heterocycles. The topological polar surface area (TPSA) is 46.5 Å². The van der Waals surface area contributed by atoms with E-state index in [1.54, 1.807) is 0 Å². The first-order chi connectivity index (χ1) is 8.74. The Labute approximate surface area is 107 Å². The lowest BCUT2D eigenvalue weighted by atomic mass is 9.68. The van der Waals surface area contributed by atoms with Crippen molar-refractivity contribution in [1.29, 1.82) is 0 Å². The number of aliphatic carboxylic acids is 1. The largest absolute Gasteiger partial charge is 0.481 e. The average Bonchev–Trinajstić information content (AvgIpc) is 3.06. The number of fused-ring (bicyclic) bond motifs is 9. The van der Waals surface area contributed by atoms with E-state index < -0.39 is 5.97 Å². The summed E-state index contributed by atoms with van der Waals surface area (Å²) in [6.45, 7) is 0. The van der Waals surface area contributed by atoms with Gasteiger partial charge in [-0.25, -0.2) is 0 Å². The molecule has 0 radical (unpaired) electrons. The number of carboxylic acid groups (broad SMARTS) is 1. The van der Waals surface area contributed by atoms with Gasteiger partial charge < -0.3 is 9.84 Å². The zero-order chi connectivity index (χ0) is 12.3. The van der Waals surface area contributed by atoms with Crippen LogP contribution in [0.15, 0.2) is 12.2 Å². The first-order valence-electron chi connectivity index (χ1n) is 7.29. The second kappa shape index (κ2) is 3.83. The molecular formula is C15H20O3. The van der Waals surface area contributed by atoms with Crippen molar-refractivity contribution in [2.75, 3.05) is 0 Å². The molecule has 3 heteroatoms. The quantitative estimate of drug-likeness (QED) is 0.777. The number of allylic oxidation sites excluding steroid dienone is 2. The highest BCUT2D eigenvalue weighted by atomic mass is 16.5. The number of ether oxygens (including phenoxy) is 1. The smallest absolute Gasteiger partial charge is 0.303 e. The first-order valence-corrected chi connectivity index (χ1v) is 7.29. The molecule has 98 valence electrons. The second-order valence-electron chi connectivity index (χ2n) is 6.52. The Bertz CT molecular complexity index is 403. The molecular weight excluding hydrogens is 228 g/mol. The number of carboxylic acids is 1. The van der Waals surface area contributed by atoms with E-state index >= 15 is 0 Å². The molecule has 1 N–H and O–H groups in total. The van der Waals surface area contributed by atoms with Crippen LogP contribution < -0.4 is 0 Å². The lowest BCUT2D eigenvalue weighted by molar-refractivity contribution is -0.137. The maximum Gasteiger partial charge on any atom is 0.303 e. The van der Waals surface area contributed by atoms with Gasteiger partial charge in [0.05, 0.1) is 12.2 Å². The van der Waals surface area contributed by atoms with Gasteiger partial charge in [0.1, 0.15) is 0 Å². The summed E-state index contributed by atoms with van der Waals surface area (Å²) in [5, 5.41) is 8.72. The minimum absolute atomic E-state index is 0.313. The van der Waals surface area contributed by atoms with E-state index in [1.807, 2.05) is 0 Å². The molecule has 7 atom stereocenters. The number of rotatable bonds is 4. The van der Waals surface area contributed by atoms with Crippen molar-refractivity contribution in [3.05, 3.63) is 12.2 Å². The lowest BCUT2D eigenvalue weighted by Gasteiger charge is -2.33. The van der Waals surface area contributed by atoms with Crippen molar-refractivity contribution in [2.24, 2.45) is 29.6 Å². The van der Waals surface area contributed by atoms with Crippen LogP contribution in [-0.4, -0.2) is 23.3 Å². The van der Waals surface area contributed by atoms with Crippen molar-refractivity contribution in [3.8, 4) is 0 Å². The van der Waals surface area contributed by atoms with Crippen LogP contribution in [0.2, 0.25) is 0 Å². The molecule has 0 spiro atoms. The van der Waals surface area contributed by atoms with Crippen molar-refractivity contribution in [3.63, 3.8) is 0 Å². The Morgan fingerprint density at radius 2 is 2.00 bits per heavy atom. The fraction of sp³-hybridized carbons (Fsp3) is 0.800. The Morgan fingerprint density at radius 1 is 1.22 bits per heavy atom. The van der Waals surface area contributed by atoms with Crippen LogP contribution in [0.3, 0.4) is 0 Å². The van der Waals surface area contributed by atoms with Gasteiger partial charge in [0.2, 0.25) is 0 Å². The fourth-order valence-electron chi connectivity index (χ4n) is 5.14. The predicted octanol–water partition coefficient (Wildman–Crippen LogP) is 2.47. The SMILES string of the molecule is O=C(O)CCCC1CC2OC1C1C3C=CC(C3)C21. The van der Waals surface area contributed by atoms with E-state index in [2.05, 4.69) is 12.2 Å². The van der Waals surface area contributed by atoms with Crippen LogP contribution in [0.1, 0.15) is 32.1 Å². The number of carbonyl (C=O) groups is 1. The van der Waals surface area contributed by atoms with E-state index in [4.69, 9.17) is 9.84 Å². The Morgan fingerprint density at radius 3 is 2.78 bits per heavy atom. The summed E-state index contributed by atoms with van der Waals surface area (Å²) in [6, 6.07) is 0. The van der Waals surface area contributed by atoms with Crippen molar-refractivity contribution in [2.45, 2.75) is 44.3 Å². The van der Waals surface area contributed by atoms with Crippen LogP contribution in [0.4, 0.5) is 0 Å². The summed E-state index contributed by atoms with van der Waals surface area (Å²) < 4.78 is 6.20. The third-order valence-corrected chi connectivity index (χ3v) is 5.69. The summed E-state index contributed by atoms with van der Waals surface area (Å²) in [5.41, 5.74) is 0. The van der Waals surface area contributed by atoms with E-state index in [9.17, 15) is 4.79 Å². The Kier molecular flexibility index (Phi) is 2.35. The fourth-order valence-corrected chi connectivity index (χ4v) is 5.14. The molecule has 4 aliphatic rings. The summed E-state index contributed by atoms with van der Waals surface area (Å²) in [5.74, 6) is 3.06. The van der Waals surface area contributed by atoms with Gasteiger partial charge in [-0.2, -0.15) is 0 Å². The van der Waals surface area contributed by atoms with Crippen molar-refractivity contribution < 1.29 is 14.6 Å². The van der Waals surface area contributed by atoms with Gasteiger partial charge in [-0.1, -0.05) is 12.2 Å². The molecule has 4 bridgehead atoms. The monoisotopic (exact) mass is 248 g/mol. The highest BCUT2D eigenvalue weighted by molar-refractivity contribution is 5.66. The molecule has 0 aromatic rings. The minimum atomic E-state index is -0.667. The van der Waals surface area contributed by atoms with E-state index in [-0.39, 0.29) is 0 Å². The predicted molar refractivity (Wildman–Crippen MR) is 66.0 cm³/mol. The van der Waals surface area contributed by atoms with Crippen LogP contribution in [0.25, 0.3) is 0 Å². The first kappa shape index (κ1) is 11.0. The zero-order valence-electron chi connectivity index (χ0n) is 10.5. The van der Waals surface area contributed by atoms with Gasteiger partial charge in [-0.15, -0.1) is 0 Å². The third kappa shape index (κ3) is 1.43. The van der Waals surface area contributed by atoms with Crippen LogP contribution >= 0.6 is 0 Å². The molecule has 2 aliphatic carbocycles. The molecule has 3 nitrogen and oxygen atoms in total. The van der Waals surface area contributed by atoms with Gasteiger partial charge >= 0.3 is 5.97 Å². The standard InChI is InChI=1S/C15H20O3/c16-12(17)3-1-2-10-7-11-13-8-4-5-9(6-8)14(13)15(10)18-11/h4-5,8-11,13-15H,1-3,6-7H2,(H,16,17). The zero-order valence-corrected chi connectivity index (χ0v) is 10.5. The normalized spacial score (nSPS) is 51.0. The molecule has 1 saturated carbocycles. The summed E-state index contributed by atoms with van der Waals surface area (Å²) in [6.07, 6.45) is 10.4. The van der Waals surface area contributed by atoms with E-state index in [0.29, 0.717) is 24.5 Å². The van der Waals surface area contributed by atoms with Crippen molar-refractivity contribution in [1.82, 2.24) is 0 Å². The Balaban J connectivity index is 1.43. The molecule has 2 aliphatic heterocycles. The maximum absolute atomic E-state index is 10.6. The van der Waals surface area contributed by atoms with Crippen molar-refractivity contribution >= 4 is 5.97 Å². The molecule has 7 unspecified atom stereocenters. The molecule has 3 fully saturated rings. The molecule has 4 rings (SSSR count). The van der Waals surface area contributed by atoms with E-state index in [1.165, 1.54) is 12.8 Å². The van der Waals surface area contributed by atoms with Gasteiger partial charge in [-0.3, -0.25) is 4.79 Å². The Hall–Kier alpha value is -0.830. The highest BCUT2D eigenvalue weighted by Gasteiger charge is 2.61. The third-order valence-electron chi connectivity index (χ3n) is 5.69. The molecule has 0 aromatic carbocycles. The molecule has 0 aromatic heterocycles. The van der Waals surface area contributed by atoms with Gasteiger partial charge in [0, 0.05) is 6.42 Å². The molecule has 0 amide bonds. The van der Waals surface area contributed by atoms with Crippen LogP contribution in [-0.2, 0) is 9.53 Å². The number of hydrogen-bond acceptors (Lipinski definition) is 2. The maximum atomic E-state index is 10.6. The van der Waals surface area contributed by atoms with Gasteiger partial charge in [0.15, 0.2) is 0 Å². The van der Waals surface area contributed by atoms with Gasteiger partial charge in [0.25, 0.3) is 0 Å². The lowest BCUT2D eigenvalue weighted by Crippen LogP contribution is -2.35. The second-order valence-corrected chi connectivity index (χ2v) is 6.52. The van der Waals surface area contributed by atoms with Crippen LogP contribution in [0.5, 0.6) is 0 Å². The minimum Gasteiger partial charge on any atom is -0.481 e. The highest BCUT2D eigenvalue weighted by Crippen LogP contribution is 2.61. The number of hydrogen-bond donors (Lipinski definition) is 1. The summed E-state index contributed by atoms with van der Waals surface area (Å²) >= 11 is 0. The summed E-state index contributed by atoms with van der Waals surface area (Å²) in [4.78, 5) is 10.6. The molecule has 2 saturated heterocycles. The van der Waals surface area contributed by atoms with Gasteiger partial charge in [-0.05, 0) is 55.3 Å². The molecule has 18 heavy (non-hydrogen) atoms.